The van der Waals surface area contributed by atoms with Gasteiger partial charge in [0.25, 0.3) is 0 Å². The van der Waals surface area contributed by atoms with Crippen LogP contribution in [0.2, 0.25) is 0 Å². The van der Waals surface area contributed by atoms with Crippen LogP contribution in [0.4, 0.5) is 4.39 Å². The molecule has 0 aliphatic rings. The van der Waals surface area contributed by atoms with Gasteiger partial charge in [0, 0.05) is 6.54 Å². The van der Waals surface area contributed by atoms with Crippen LogP contribution in [0.5, 0.6) is 5.75 Å². The van der Waals surface area contributed by atoms with E-state index in [1.807, 2.05) is 0 Å². The number of hydrogen-bond donors (Lipinski definition) is 2. The first-order valence-corrected chi connectivity index (χ1v) is 5.05. The zero-order valence-electron chi connectivity index (χ0n) is 9.13. The number of benzene rings is 1. The van der Waals surface area contributed by atoms with Crippen molar-refractivity contribution in [3.63, 3.8) is 0 Å². The number of ether oxygens (including phenoxy) is 1. The van der Waals surface area contributed by atoms with Crippen LogP contribution in [0, 0.1) is 5.82 Å². The molecule has 16 heavy (non-hydrogen) atoms. The molecule has 0 bridgehead atoms. The van der Waals surface area contributed by atoms with E-state index in [0.717, 1.165) is 0 Å². The molecule has 0 aromatic heterocycles. The van der Waals surface area contributed by atoms with E-state index in [0.29, 0.717) is 12.2 Å². The third kappa shape index (κ3) is 3.51. The van der Waals surface area contributed by atoms with Crippen LogP contribution in [0.25, 0.3) is 0 Å². The fourth-order valence-electron chi connectivity index (χ4n) is 1.20. The number of carbonyl (C=O) groups excluding carboxylic acids is 1. The molecule has 5 heteroatoms. The summed E-state index contributed by atoms with van der Waals surface area (Å²) in [4.78, 5) is 10.9. The van der Waals surface area contributed by atoms with Gasteiger partial charge in [-0.2, -0.15) is 0 Å². The maximum atomic E-state index is 13.4. The molecule has 0 unspecified atom stereocenters. The smallest absolute Gasteiger partial charge is 0.234 e. The highest BCUT2D eigenvalue weighted by Crippen LogP contribution is 2.18. The number of nitrogens with two attached hydrogens (primary N) is 1. The quantitative estimate of drug-likeness (QED) is 0.780. The Morgan fingerprint density at radius 1 is 1.56 bits per heavy atom. The maximum absolute atomic E-state index is 13.4. The Labute approximate surface area is 93.6 Å². The van der Waals surface area contributed by atoms with Gasteiger partial charge in [0.1, 0.15) is 0 Å². The third-order valence-corrected chi connectivity index (χ3v) is 1.97. The Morgan fingerprint density at radius 2 is 2.31 bits per heavy atom. The van der Waals surface area contributed by atoms with Gasteiger partial charge in [-0.3, -0.25) is 4.79 Å². The number of carbonyl (C=O) groups is 1. The lowest BCUT2D eigenvalue weighted by atomic mass is 10.2. The molecule has 0 saturated heterocycles. The lowest BCUT2D eigenvalue weighted by Crippen LogP contribution is -2.29. The molecule has 0 aliphatic heterocycles. The SMILES string of the molecule is CCOc1ccc(CNC(=O)CN)cc1F. The molecule has 4 nitrogen and oxygen atoms in total. The van der Waals surface area contributed by atoms with Crippen molar-refractivity contribution in [2.75, 3.05) is 13.2 Å². The summed E-state index contributed by atoms with van der Waals surface area (Å²) in [6, 6.07) is 4.58. The van der Waals surface area contributed by atoms with E-state index in [9.17, 15) is 9.18 Å². The molecular formula is C11H15FN2O2. The molecule has 1 aromatic carbocycles. The normalized spacial score (nSPS) is 9.94. The minimum absolute atomic E-state index is 0.0699. The van der Waals surface area contributed by atoms with Gasteiger partial charge < -0.3 is 15.8 Å². The number of nitrogens with one attached hydrogen (secondary N) is 1. The van der Waals surface area contributed by atoms with E-state index in [4.69, 9.17) is 10.5 Å². The average Bonchev–Trinajstić information content (AvgIpc) is 2.29. The summed E-state index contributed by atoms with van der Waals surface area (Å²) in [5.74, 6) is -0.480. The Kier molecular flexibility index (Phi) is 4.72. The van der Waals surface area contributed by atoms with Crippen LogP contribution >= 0.6 is 0 Å². The van der Waals surface area contributed by atoms with Crippen LogP contribution < -0.4 is 15.8 Å². The Balaban J connectivity index is 2.62. The molecular weight excluding hydrogens is 211 g/mol. The van der Waals surface area contributed by atoms with Gasteiger partial charge in [-0.15, -0.1) is 0 Å². The van der Waals surface area contributed by atoms with E-state index in [1.54, 1.807) is 19.1 Å². The van der Waals surface area contributed by atoms with Crippen LogP contribution in [-0.4, -0.2) is 19.1 Å². The van der Waals surface area contributed by atoms with Crippen molar-refractivity contribution >= 4 is 5.91 Å². The molecule has 0 spiro atoms. The van der Waals surface area contributed by atoms with Gasteiger partial charge in [0.2, 0.25) is 5.91 Å². The molecule has 88 valence electrons. The topological polar surface area (TPSA) is 64.3 Å². The van der Waals surface area contributed by atoms with Gasteiger partial charge in [0.05, 0.1) is 13.2 Å². The van der Waals surface area contributed by atoms with Crippen LogP contribution in [-0.2, 0) is 11.3 Å². The van der Waals surface area contributed by atoms with Crippen molar-refractivity contribution in [3.8, 4) is 5.75 Å². The monoisotopic (exact) mass is 226 g/mol. The second-order valence-electron chi connectivity index (χ2n) is 3.18. The molecule has 0 aliphatic carbocycles. The minimum atomic E-state index is -0.429. The van der Waals surface area contributed by atoms with Crippen LogP contribution in [0.15, 0.2) is 18.2 Å². The zero-order chi connectivity index (χ0) is 12.0. The number of amides is 1. The molecule has 0 heterocycles. The first-order valence-electron chi connectivity index (χ1n) is 5.05. The van der Waals surface area contributed by atoms with Crippen molar-refractivity contribution in [2.45, 2.75) is 13.5 Å². The Morgan fingerprint density at radius 3 is 2.88 bits per heavy atom. The highest BCUT2D eigenvalue weighted by molar-refractivity contribution is 5.77. The summed E-state index contributed by atoms with van der Waals surface area (Å²) in [7, 11) is 0. The van der Waals surface area contributed by atoms with E-state index in [1.165, 1.54) is 6.07 Å². The Hall–Kier alpha value is -1.62. The fraction of sp³-hybridized carbons (Fsp3) is 0.364. The maximum Gasteiger partial charge on any atom is 0.234 e. The first-order chi connectivity index (χ1) is 7.67. The summed E-state index contributed by atoms with van der Waals surface area (Å²) >= 11 is 0. The van der Waals surface area contributed by atoms with Gasteiger partial charge in [-0.1, -0.05) is 6.07 Å². The van der Waals surface area contributed by atoms with Crippen molar-refractivity contribution in [1.29, 1.82) is 0 Å². The summed E-state index contributed by atoms with van der Waals surface area (Å²) in [6.07, 6.45) is 0. The molecule has 3 N–H and O–H groups in total. The van der Waals surface area contributed by atoms with Crippen molar-refractivity contribution < 1.29 is 13.9 Å². The molecule has 0 saturated carbocycles. The van der Waals surface area contributed by atoms with Gasteiger partial charge >= 0.3 is 0 Å². The predicted molar refractivity (Wildman–Crippen MR) is 58.5 cm³/mol. The van der Waals surface area contributed by atoms with Gasteiger partial charge in [-0.05, 0) is 24.6 Å². The van der Waals surface area contributed by atoms with E-state index in [2.05, 4.69) is 5.32 Å². The molecule has 1 rings (SSSR count). The second kappa shape index (κ2) is 6.07. The summed E-state index contributed by atoms with van der Waals surface area (Å²) < 4.78 is 18.4. The minimum Gasteiger partial charge on any atom is -0.491 e. The van der Waals surface area contributed by atoms with Gasteiger partial charge in [0.15, 0.2) is 11.6 Å². The van der Waals surface area contributed by atoms with Crippen LogP contribution in [0.1, 0.15) is 12.5 Å². The second-order valence-corrected chi connectivity index (χ2v) is 3.18. The first kappa shape index (κ1) is 12.4. The number of halogens is 1. The third-order valence-electron chi connectivity index (χ3n) is 1.97. The van der Waals surface area contributed by atoms with Crippen LogP contribution in [0.3, 0.4) is 0 Å². The highest BCUT2D eigenvalue weighted by Gasteiger charge is 2.04. The summed E-state index contributed by atoms with van der Waals surface area (Å²) in [5, 5.41) is 2.56. The van der Waals surface area contributed by atoms with Crippen molar-refractivity contribution in [2.24, 2.45) is 5.73 Å². The largest absolute Gasteiger partial charge is 0.491 e. The molecule has 1 amide bonds. The van der Waals surface area contributed by atoms with E-state index >= 15 is 0 Å². The summed E-state index contributed by atoms with van der Waals surface area (Å²) in [5.41, 5.74) is 5.79. The van der Waals surface area contributed by atoms with E-state index < -0.39 is 5.82 Å². The zero-order valence-corrected chi connectivity index (χ0v) is 9.13. The molecule has 0 fully saturated rings. The lowest BCUT2D eigenvalue weighted by Gasteiger charge is -2.07. The van der Waals surface area contributed by atoms with Gasteiger partial charge in [-0.25, -0.2) is 4.39 Å². The van der Waals surface area contributed by atoms with Crippen molar-refractivity contribution in [1.82, 2.24) is 5.32 Å². The lowest BCUT2D eigenvalue weighted by molar-refractivity contribution is -0.119. The van der Waals surface area contributed by atoms with E-state index in [-0.39, 0.29) is 24.7 Å². The Bertz CT molecular complexity index is 369. The molecule has 0 atom stereocenters. The fourth-order valence-corrected chi connectivity index (χ4v) is 1.20. The standard InChI is InChI=1S/C11H15FN2O2/c1-2-16-10-4-3-8(5-9(10)12)7-14-11(15)6-13/h3-5H,2,6-7,13H2,1H3,(H,14,15). The average molecular weight is 226 g/mol. The number of hydrogen-bond acceptors (Lipinski definition) is 3. The summed E-state index contributed by atoms with van der Waals surface area (Å²) in [6.45, 7) is 2.40. The molecule has 1 aromatic rings. The van der Waals surface area contributed by atoms with Crippen molar-refractivity contribution in [3.05, 3.63) is 29.6 Å². The predicted octanol–water partition coefficient (Wildman–Crippen LogP) is 0.799. The number of rotatable bonds is 5. The highest BCUT2D eigenvalue weighted by atomic mass is 19.1. The molecule has 0 radical (unpaired) electrons.